The summed E-state index contributed by atoms with van der Waals surface area (Å²) >= 11 is 0. The number of ether oxygens (including phenoxy) is 1. The minimum absolute atomic E-state index is 0.357. The molecular weight excluding hydrogens is 218 g/mol. The molecular formula is C12H17N3O2. The van der Waals surface area contributed by atoms with Gasteiger partial charge in [-0.05, 0) is 18.4 Å². The van der Waals surface area contributed by atoms with Crippen molar-refractivity contribution >= 4 is 17.5 Å². The summed E-state index contributed by atoms with van der Waals surface area (Å²) < 4.78 is 4.65. The van der Waals surface area contributed by atoms with Gasteiger partial charge >= 0.3 is 5.97 Å². The van der Waals surface area contributed by atoms with Gasteiger partial charge in [-0.3, -0.25) is 0 Å². The molecule has 0 aliphatic heterocycles. The first-order valence-electron chi connectivity index (χ1n) is 5.79. The summed E-state index contributed by atoms with van der Waals surface area (Å²) in [5, 5.41) is 3.16. The first-order chi connectivity index (χ1) is 8.22. The summed E-state index contributed by atoms with van der Waals surface area (Å²) in [4.78, 5) is 15.5. The zero-order valence-corrected chi connectivity index (χ0v) is 9.90. The highest BCUT2D eigenvalue weighted by Crippen LogP contribution is 2.32. The Morgan fingerprint density at radius 1 is 1.65 bits per heavy atom. The summed E-state index contributed by atoms with van der Waals surface area (Å²) in [7, 11) is 1.34. The fraction of sp³-hybridized carbons (Fsp3) is 0.500. The van der Waals surface area contributed by atoms with E-state index in [9.17, 15) is 4.79 Å². The minimum Gasteiger partial charge on any atom is -0.465 e. The van der Waals surface area contributed by atoms with Gasteiger partial charge in [0.1, 0.15) is 5.82 Å². The van der Waals surface area contributed by atoms with Crippen molar-refractivity contribution in [3.63, 3.8) is 0 Å². The highest BCUT2D eigenvalue weighted by atomic mass is 16.5. The first-order valence-corrected chi connectivity index (χ1v) is 5.79. The van der Waals surface area contributed by atoms with Gasteiger partial charge in [0.05, 0.1) is 18.4 Å². The van der Waals surface area contributed by atoms with Gasteiger partial charge in [-0.25, -0.2) is 9.78 Å². The number of esters is 1. The third kappa shape index (κ3) is 2.87. The van der Waals surface area contributed by atoms with Crippen LogP contribution < -0.4 is 11.1 Å². The fourth-order valence-electron chi connectivity index (χ4n) is 1.70. The van der Waals surface area contributed by atoms with Crippen LogP contribution in [0.4, 0.5) is 11.5 Å². The van der Waals surface area contributed by atoms with E-state index in [1.807, 2.05) is 0 Å². The summed E-state index contributed by atoms with van der Waals surface area (Å²) in [5.74, 6) is 0.983. The predicted molar refractivity (Wildman–Crippen MR) is 65.8 cm³/mol. The Bertz CT molecular complexity index is 416. The topological polar surface area (TPSA) is 77.2 Å². The van der Waals surface area contributed by atoms with Gasteiger partial charge in [-0.15, -0.1) is 0 Å². The van der Waals surface area contributed by atoms with Crippen LogP contribution in [0.25, 0.3) is 0 Å². The van der Waals surface area contributed by atoms with Crippen molar-refractivity contribution in [3.05, 3.63) is 17.8 Å². The van der Waals surface area contributed by atoms with Crippen molar-refractivity contribution in [2.75, 3.05) is 24.7 Å². The second-order valence-electron chi connectivity index (χ2n) is 4.27. The monoisotopic (exact) mass is 235 g/mol. The number of nitrogens with one attached hydrogen (secondary N) is 1. The zero-order valence-electron chi connectivity index (χ0n) is 9.90. The van der Waals surface area contributed by atoms with Crippen LogP contribution in [0, 0.1) is 5.92 Å². The van der Waals surface area contributed by atoms with Gasteiger partial charge in [0, 0.05) is 12.7 Å². The number of nitrogens with two attached hydrogens (primary N) is 1. The first kappa shape index (κ1) is 11.7. The van der Waals surface area contributed by atoms with E-state index in [1.54, 1.807) is 12.3 Å². The van der Waals surface area contributed by atoms with Crippen molar-refractivity contribution in [1.29, 1.82) is 0 Å². The predicted octanol–water partition coefficient (Wildman–Crippen LogP) is 1.66. The molecule has 92 valence electrons. The molecule has 0 aromatic carbocycles. The van der Waals surface area contributed by atoms with Gasteiger partial charge in [-0.1, -0.05) is 12.8 Å². The molecule has 5 heteroatoms. The normalized spacial score (nSPS) is 14.4. The summed E-state index contributed by atoms with van der Waals surface area (Å²) in [5.41, 5.74) is 6.58. The molecule has 3 N–H and O–H groups in total. The standard InChI is InChI=1S/C12H17N3O2/c1-17-12(16)9-5-7-15-11(10(9)13)14-6-4-8-2-3-8/h5,7-8H,2-4,6,13H2,1H3,(H,14,15). The van der Waals surface area contributed by atoms with Crippen LogP contribution in [0.5, 0.6) is 0 Å². The number of carbonyl (C=O) groups is 1. The lowest BCUT2D eigenvalue weighted by atomic mass is 10.2. The van der Waals surface area contributed by atoms with Crippen LogP contribution in [0.3, 0.4) is 0 Å². The van der Waals surface area contributed by atoms with E-state index in [0.717, 1.165) is 18.9 Å². The highest BCUT2D eigenvalue weighted by Gasteiger charge is 2.20. The van der Waals surface area contributed by atoms with Crippen LogP contribution in [0.1, 0.15) is 29.6 Å². The molecule has 0 bridgehead atoms. The number of rotatable bonds is 5. The van der Waals surface area contributed by atoms with E-state index in [2.05, 4.69) is 15.0 Å². The maximum Gasteiger partial charge on any atom is 0.340 e. The van der Waals surface area contributed by atoms with Gasteiger partial charge in [0.25, 0.3) is 0 Å². The lowest BCUT2D eigenvalue weighted by Crippen LogP contribution is -2.11. The fourth-order valence-corrected chi connectivity index (χ4v) is 1.70. The number of hydrogen-bond acceptors (Lipinski definition) is 5. The Morgan fingerprint density at radius 2 is 2.41 bits per heavy atom. The molecule has 1 aromatic rings. The van der Waals surface area contributed by atoms with Crippen LogP contribution in [0.2, 0.25) is 0 Å². The molecule has 1 heterocycles. The molecule has 17 heavy (non-hydrogen) atoms. The van der Waals surface area contributed by atoms with Crippen LogP contribution in [-0.2, 0) is 4.74 Å². The molecule has 1 aromatic heterocycles. The lowest BCUT2D eigenvalue weighted by molar-refractivity contribution is 0.0602. The molecule has 1 saturated carbocycles. The van der Waals surface area contributed by atoms with Crippen LogP contribution >= 0.6 is 0 Å². The molecule has 0 spiro atoms. The van der Waals surface area contributed by atoms with Crippen molar-refractivity contribution < 1.29 is 9.53 Å². The Kier molecular flexibility index (Phi) is 3.46. The maximum atomic E-state index is 11.4. The number of nitrogen functional groups attached to an aromatic ring is 1. The number of methoxy groups -OCH3 is 1. The van der Waals surface area contributed by atoms with E-state index in [4.69, 9.17) is 5.73 Å². The number of pyridine rings is 1. The van der Waals surface area contributed by atoms with E-state index < -0.39 is 5.97 Å². The Labute approximate surface area is 100 Å². The van der Waals surface area contributed by atoms with Crippen molar-refractivity contribution in [3.8, 4) is 0 Å². The van der Waals surface area contributed by atoms with E-state index in [1.165, 1.54) is 20.0 Å². The minimum atomic E-state index is -0.435. The van der Waals surface area contributed by atoms with E-state index in [-0.39, 0.29) is 0 Å². The SMILES string of the molecule is COC(=O)c1ccnc(NCCC2CC2)c1N. The Morgan fingerprint density at radius 3 is 3.06 bits per heavy atom. The molecule has 0 atom stereocenters. The molecule has 0 amide bonds. The number of anilines is 2. The maximum absolute atomic E-state index is 11.4. The van der Waals surface area contributed by atoms with Crippen LogP contribution in [-0.4, -0.2) is 24.6 Å². The Hall–Kier alpha value is -1.78. The number of aromatic nitrogens is 1. The molecule has 0 saturated heterocycles. The molecule has 1 fully saturated rings. The highest BCUT2D eigenvalue weighted by molar-refractivity contribution is 5.97. The lowest BCUT2D eigenvalue weighted by Gasteiger charge is -2.10. The van der Waals surface area contributed by atoms with Gasteiger partial charge in [-0.2, -0.15) is 0 Å². The smallest absolute Gasteiger partial charge is 0.340 e. The number of nitrogens with zero attached hydrogens (tertiary/aromatic N) is 1. The Balaban J connectivity index is 2.02. The molecule has 0 unspecified atom stereocenters. The largest absolute Gasteiger partial charge is 0.465 e. The van der Waals surface area contributed by atoms with E-state index >= 15 is 0 Å². The second kappa shape index (κ2) is 5.03. The third-order valence-electron chi connectivity index (χ3n) is 2.94. The zero-order chi connectivity index (χ0) is 12.3. The molecule has 2 rings (SSSR count). The molecule has 1 aliphatic carbocycles. The summed E-state index contributed by atoms with van der Waals surface area (Å²) in [6.07, 6.45) is 5.34. The quantitative estimate of drug-likeness (QED) is 0.759. The summed E-state index contributed by atoms with van der Waals surface area (Å²) in [6.45, 7) is 0.840. The third-order valence-corrected chi connectivity index (χ3v) is 2.94. The van der Waals surface area contributed by atoms with Crippen LogP contribution in [0.15, 0.2) is 12.3 Å². The van der Waals surface area contributed by atoms with E-state index in [0.29, 0.717) is 17.1 Å². The van der Waals surface area contributed by atoms with Crippen molar-refractivity contribution in [1.82, 2.24) is 4.98 Å². The molecule has 0 radical (unpaired) electrons. The average molecular weight is 235 g/mol. The van der Waals surface area contributed by atoms with Crippen molar-refractivity contribution in [2.24, 2.45) is 5.92 Å². The second-order valence-corrected chi connectivity index (χ2v) is 4.27. The number of carbonyl (C=O) groups excluding carboxylic acids is 1. The van der Waals surface area contributed by atoms with Gasteiger partial charge in [0.2, 0.25) is 0 Å². The van der Waals surface area contributed by atoms with Gasteiger partial charge in [0.15, 0.2) is 0 Å². The number of hydrogen-bond donors (Lipinski definition) is 2. The molecule has 1 aliphatic rings. The average Bonchev–Trinajstić information content (AvgIpc) is 3.14. The summed E-state index contributed by atoms with van der Waals surface area (Å²) in [6, 6.07) is 1.56. The molecule has 5 nitrogen and oxygen atoms in total. The van der Waals surface area contributed by atoms with Gasteiger partial charge < -0.3 is 15.8 Å². The van der Waals surface area contributed by atoms with Crippen molar-refractivity contribution in [2.45, 2.75) is 19.3 Å².